The third-order valence-corrected chi connectivity index (χ3v) is 2.20. The Morgan fingerprint density at radius 1 is 1.12 bits per heavy atom. The Bertz CT molecular complexity index is 488. The zero-order valence-electron chi connectivity index (χ0n) is 8.01. The van der Waals surface area contributed by atoms with Gasteiger partial charge in [-0.1, -0.05) is 11.6 Å². The summed E-state index contributed by atoms with van der Waals surface area (Å²) >= 11 is 5.73. The van der Waals surface area contributed by atoms with Crippen LogP contribution < -0.4 is 0 Å². The molecule has 1 aromatic carbocycles. The number of hydrogen-bond acceptors (Lipinski definition) is 2. The molecule has 0 saturated heterocycles. The molecule has 1 heterocycles. The van der Waals surface area contributed by atoms with Gasteiger partial charge in [-0.25, -0.2) is 4.79 Å². The molecule has 2 rings (SSSR count). The first-order chi connectivity index (χ1) is 7.16. The highest BCUT2D eigenvalue weighted by atomic mass is 35.5. The highest BCUT2D eigenvalue weighted by molar-refractivity contribution is 6.30. The fraction of sp³-hybridized carbons (Fsp3) is 0. The summed E-state index contributed by atoms with van der Waals surface area (Å²) in [5.41, 5.74) is 0.798. The van der Waals surface area contributed by atoms with Crippen molar-refractivity contribution >= 4 is 30.0 Å². The van der Waals surface area contributed by atoms with E-state index in [0.717, 1.165) is 5.56 Å². The number of rotatable bonds is 2. The molecule has 0 fully saturated rings. The predicted molar refractivity (Wildman–Crippen MR) is 63.4 cm³/mol. The van der Waals surface area contributed by atoms with E-state index in [-0.39, 0.29) is 18.2 Å². The summed E-state index contributed by atoms with van der Waals surface area (Å²) < 4.78 is 5.13. The molecule has 0 bridgehead atoms. The van der Waals surface area contributed by atoms with E-state index in [4.69, 9.17) is 21.1 Å². The van der Waals surface area contributed by atoms with E-state index in [1.165, 1.54) is 6.07 Å². The van der Waals surface area contributed by atoms with Gasteiger partial charge in [-0.2, -0.15) is 0 Å². The van der Waals surface area contributed by atoms with E-state index < -0.39 is 5.97 Å². The SMILES string of the molecule is Cl.O=C(O)c1ccc(-c2ccc(Cl)cc2)o1. The van der Waals surface area contributed by atoms with E-state index in [1.807, 2.05) is 0 Å². The first-order valence-corrected chi connectivity index (χ1v) is 4.63. The Kier molecular flexibility index (Phi) is 3.99. The van der Waals surface area contributed by atoms with Crippen LogP contribution in [0.5, 0.6) is 0 Å². The molecule has 1 aromatic heterocycles. The molecule has 0 aliphatic rings. The van der Waals surface area contributed by atoms with Gasteiger partial charge in [-0.05, 0) is 36.4 Å². The van der Waals surface area contributed by atoms with Crippen molar-refractivity contribution in [2.24, 2.45) is 0 Å². The monoisotopic (exact) mass is 258 g/mol. The number of carboxylic acid groups (broad SMARTS) is 1. The molecule has 84 valence electrons. The van der Waals surface area contributed by atoms with E-state index in [0.29, 0.717) is 10.8 Å². The van der Waals surface area contributed by atoms with Crippen LogP contribution in [-0.4, -0.2) is 11.1 Å². The van der Waals surface area contributed by atoms with Gasteiger partial charge in [0.2, 0.25) is 5.76 Å². The van der Waals surface area contributed by atoms with Crippen LogP contribution in [0.1, 0.15) is 10.6 Å². The molecule has 0 aliphatic carbocycles. The predicted octanol–water partition coefficient (Wildman–Crippen LogP) is 3.72. The summed E-state index contributed by atoms with van der Waals surface area (Å²) in [5, 5.41) is 9.30. The van der Waals surface area contributed by atoms with Crippen LogP contribution >= 0.6 is 24.0 Å². The lowest BCUT2D eigenvalue weighted by Gasteiger charge is -1.96. The number of aromatic carboxylic acids is 1. The standard InChI is InChI=1S/C11H7ClO3.ClH/c12-8-3-1-7(2-4-8)9-5-6-10(15-9)11(13)14;/h1-6H,(H,13,14);1H. The number of carboxylic acids is 1. The lowest BCUT2D eigenvalue weighted by molar-refractivity contribution is 0.0663. The number of carbonyl (C=O) groups is 1. The van der Waals surface area contributed by atoms with Gasteiger partial charge < -0.3 is 9.52 Å². The minimum absolute atomic E-state index is 0. The van der Waals surface area contributed by atoms with Gasteiger partial charge in [0.05, 0.1) is 0 Å². The molecular weight excluding hydrogens is 251 g/mol. The van der Waals surface area contributed by atoms with Crippen molar-refractivity contribution < 1.29 is 14.3 Å². The first-order valence-electron chi connectivity index (χ1n) is 4.26. The number of hydrogen-bond donors (Lipinski definition) is 1. The minimum atomic E-state index is -1.07. The van der Waals surface area contributed by atoms with E-state index in [2.05, 4.69) is 0 Å². The Morgan fingerprint density at radius 3 is 2.25 bits per heavy atom. The van der Waals surface area contributed by atoms with Crippen LogP contribution in [0.15, 0.2) is 40.8 Å². The van der Waals surface area contributed by atoms with E-state index in [1.54, 1.807) is 30.3 Å². The summed E-state index contributed by atoms with van der Waals surface area (Å²) in [4.78, 5) is 10.6. The fourth-order valence-electron chi connectivity index (χ4n) is 1.22. The van der Waals surface area contributed by atoms with E-state index >= 15 is 0 Å². The molecule has 0 amide bonds. The summed E-state index contributed by atoms with van der Waals surface area (Å²) in [6.45, 7) is 0. The Hall–Kier alpha value is -1.45. The minimum Gasteiger partial charge on any atom is -0.475 e. The third kappa shape index (κ3) is 2.56. The van der Waals surface area contributed by atoms with Crippen LogP contribution in [-0.2, 0) is 0 Å². The Balaban J connectivity index is 0.00000128. The molecule has 3 nitrogen and oxygen atoms in total. The van der Waals surface area contributed by atoms with Crippen LogP contribution in [0.3, 0.4) is 0 Å². The zero-order valence-corrected chi connectivity index (χ0v) is 9.59. The van der Waals surface area contributed by atoms with Crippen molar-refractivity contribution in [1.82, 2.24) is 0 Å². The van der Waals surface area contributed by atoms with Crippen LogP contribution in [0.2, 0.25) is 5.02 Å². The summed E-state index contributed by atoms with van der Waals surface area (Å²) in [6, 6.07) is 10.0. The summed E-state index contributed by atoms with van der Waals surface area (Å²) in [6.07, 6.45) is 0. The van der Waals surface area contributed by atoms with Gasteiger partial charge in [0.1, 0.15) is 5.76 Å². The molecule has 2 aromatic rings. The van der Waals surface area contributed by atoms with Crippen LogP contribution in [0.25, 0.3) is 11.3 Å². The van der Waals surface area contributed by atoms with Crippen molar-refractivity contribution in [1.29, 1.82) is 0 Å². The van der Waals surface area contributed by atoms with Gasteiger partial charge in [0.15, 0.2) is 0 Å². The Labute approximate surface area is 103 Å². The van der Waals surface area contributed by atoms with Gasteiger partial charge in [-0.3, -0.25) is 0 Å². The largest absolute Gasteiger partial charge is 0.475 e. The number of halogens is 2. The van der Waals surface area contributed by atoms with Crippen molar-refractivity contribution in [3.05, 3.63) is 47.2 Å². The van der Waals surface area contributed by atoms with Gasteiger partial charge in [0.25, 0.3) is 0 Å². The smallest absolute Gasteiger partial charge is 0.371 e. The van der Waals surface area contributed by atoms with Crippen molar-refractivity contribution in [3.8, 4) is 11.3 Å². The maximum Gasteiger partial charge on any atom is 0.371 e. The summed E-state index contributed by atoms with van der Waals surface area (Å²) in [5.74, 6) is -0.626. The second-order valence-corrected chi connectivity index (χ2v) is 3.41. The highest BCUT2D eigenvalue weighted by Crippen LogP contribution is 2.23. The second-order valence-electron chi connectivity index (χ2n) is 2.98. The molecule has 0 aliphatic heterocycles. The fourth-order valence-corrected chi connectivity index (χ4v) is 1.35. The average molecular weight is 259 g/mol. The molecule has 0 atom stereocenters. The number of furan rings is 1. The Morgan fingerprint density at radius 2 is 1.75 bits per heavy atom. The lowest BCUT2D eigenvalue weighted by atomic mass is 10.2. The molecule has 0 spiro atoms. The van der Waals surface area contributed by atoms with Crippen LogP contribution in [0.4, 0.5) is 0 Å². The van der Waals surface area contributed by atoms with Crippen molar-refractivity contribution in [2.75, 3.05) is 0 Å². The summed E-state index contributed by atoms with van der Waals surface area (Å²) in [7, 11) is 0. The normalized spacial score (nSPS) is 9.56. The second kappa shape index (κ2) is 5.05. The van der Waals surface area contributed by atoms with Gasteiger partial charge in [0, 0.05) is 10.6 Å². The maximum absolute atomic E-state index is 10.6. The lowest BCUT2D eigenvalue weighted by Crippen LogP contribution is -1.91. The highest BCUT2D eigenvalue weighted by Gasteiger charge is 2.09. The van der Waals surface area contributed by atoms with Crippen molar-refractivity contribution in [3.63, 3.8) is 0 Å². The maximum atomic E-state index is 10.6. The molecule has 5 heteroatoms. The number of benzene rings is 1. The van der Waals surface area contributed by atoms with Crippen LogP contribution in [0, 0.1) is 0 Å². The van der Waals surface area contributed by atoms with Crippen molar-refractivity contribution in [2.45, 2.75) is 0 Å². The molecule has 16 heavy (non-hydrogen) atoms. The van der Waals surface area contributed by atoms with Gasteiger partial charge >= 0.3 is 5.97 Å². The molecule has 0 saturated carbocycles. The molecular formula is C11H8Cl2O3. The van der Waals surface area contributed by atoms with E-state index in [9.17, 15) is 4.79 Å². The van der Waals surface area contributed by atoms with Gasteiger partial charge in [-0.15, -0.1) is 12.4 Å². The molecule has 0 radical (unpaired) electrons. The average Bonchev–Trinajstić information content (AvgIpc) is 2.68. The quantitative estimate of drug-likeness (QED) is 0.894. The topological polar surface area (TPSA) is 50.4 Å². The third-order valence-electron chi connectivity index (χ3n) is 1.95. The molecule has 0 unspecified atom stereocenters. The first kappa shape index (κ1) is 12.6. The molecule has 1 N–H and O–H groups in total. The zero-order chi connectivity index (χ0) is 10.8.